The Bertz CT molecular complexity index is 393. The Hall–Kier alpha value is -1.20. The highest BCUT2D eigenvalue weighted by Gasteiger charge is 2.31. The summed E-state index contributed by atoms with van der Waals surface area (Å²) in [5, 5.41) is 9.20. The molecule has 17 heavy (non-hydrogen) atoms. The van der Waals surface area contributed by atoms with Gasteiger partial charge >= 0.3 is 5.97 Å². The fourth-order valence-electron chi connectivity index (χ4n) is 1.82. The lowest BCUT2D eigenvalue weighted by Crippen LogP contribution is -2.38. The van der Waals surface area contributed by atoms with Crippen LogP contribution in [-0.2, 0) is 16.1 Å². The highest BCUT2D eigenvalue weighted by molar-refractivity contribution is 7.99. The van der Waals surface area contributed by atoms with Crippen LogP contribution in [0.15, 0.2) is 24.3 Å². The predicted octanol–water partition coefficient (Wildman–Crippen LogP) is 1.44. The quantitative estimate of drug-likeness (QED) is 0.826. The van der Waals surface area contributed by atoms with Crippen molar-refractivity contribution < 1.29 is 14.6 Å². The Kier molecular flexibility index (Phi) is 3.91. The smallest absolute Gasteiger partial charge is 0.323 e. The third-order valence-electron chi connectivity index (χ3n) is 2.77. The number of rotatable bonds is 3. The van der Waals surface area contributed by atoms with E-state index in [1.807, 2.05) is 12.1 Å². The van der Waals surface area contributed by atoms with Crippen LogP contribution >= 0.6 is 11.8 Å². The van der Waals surface area contributed by atoms with Crippen LogP contribution in [0.1, 0.15) is 5.56 Å². The summed E-state index contributed by atoms with van der Waals surface area (Å²) in [4.78, 5) is 13.6. The molecule has 0 amide bonds. The number of phenolic OH excluding ortho intramolecular Hbond substituents is 1. The highest BCUT2D eigenvalue weighted by atomic mass is 32.2. The first-order valence-electron chi connectivity index (χ1n) is 5.38. The van der Waals surface area contributed by atoms with Crippen molar-refractivity contribution >= 4 is 17.7 Å². The van der Waals surface area contributed by atoms with Gasteiger partial charge in [-0.2, -0.15) is 0 Å². The number of benzene rings is 1. The third-order valence-corrected chi connectivity index (χ3v) is 3.83. The van der Waals surface area contributed by atoms with Crippen LogP contribution in [0, 0.1) is 0 Å². The largest absolute Gasteiger partial charge is 0.508 e. The number of hydrogen-bond donors (Lipinski definition) is 1. The van der Waals surface area contributed by atoms with Gasteiger partial charge in [-0.05, 0) is 17.7 Å². The summed E-state index contributed by atoms with van der Waals surface area (Å²) in [7, 11) is 1.42. The number of carbonyl (C=O) groups excluding carboxylic acids is 1. The maximum Gasteiger partial charge on any atom is 0.323 e. The van der Waals surface area contributed by atoms with Gasteiger partial charge in [-0.15, -0.1) is 11.8 Å². The highest BCUT2D eigenvalue weighted by Crippen LogP contribution is 2.24. The Morgan fingerprint density at radius 1 is 1.53 bits per heavy atom. The number of carbonyl (C=O) groups is 1. The van der Waals surface area contributed by atoms with Crippen LogP contribution in [0.4, 0.5) is 0 Å². The summed E-state index contributed by atoms with van der Waals surface area (Å²) in [6.07, 6.45) is 0. The minimum Gasteiger partial charge on any atom is -0.508 e. The minimum absolute atomic E-state index is 0.154. The summed E-state index contributed by atoms with van der Waals surface area (Å²) in [5.41, 5.74) is 1.08. The number of hydrogen-bond acceptors (Lipinski definition) is 5. The molecule has 0 saturated carbocycles. The van der Waals surface area contributed by atoms with Crippen LogP contribution in [0.5, 0.6) is 5.75 Å². The standard InChI is InChI=1S/C12H15NO3S/c1-16-12(15)11-7-17-8-13(11)6-9-2-4-10(14)5-3-9/h2-5,11,14H,6-8H2,1H3/t11-/m0/s1. The SMILES string of the molecule is COC(=O)[C@@H]1CSCN1Cc1ccc(O)cc1. The second-order valence-corrected chi connectivity index (χ2v) is 4.95. The second kappa shape index (κ2) is 5.42. The van der Waals surface area contributed by atoms with Crippen LogP contribution in [-0.4, -0.2) is 40.8 Å². The first-order valence-corrected chi connectivity index (χ1v) is 6.53. The average Bonchev–Trinajstić information content (AvgIpc) is 2.79. The molecule has 5 heteroatoms. The number of esters is 1. The molecule has 0 unspecified atom stereocenters. The van der Waals surface area contributed by atoms with E-state index >= 15 is 0 Å². The molecule has 0 aliphatic carbocycles. The van der Waals surface area contributed by atoms with E-state index in [1.165, 1.54) is 7.11 Å². The first-order chi connectivity index (χ1) is 8.20. The normalized spacial score (nSPS) is 20.4. The maximum atomic E-state index is 11.6. The molecule has 2 rings (SSSR count). The lowest BCUT2D eigenvalue weighted by molar-refractivity contribution is -0.145. The number of ether oxygens (including phenoxy) is 1. The van der Waals surface area contributed by atoms with Crippen molar-refractivity contribution in [2.24, 2.45) is 0 Å². The lowest BCUT2D eigenvalue weighted by atomic mass is 10.2. The molecular weight excluding hydrogens is 238 g/mol. The molecule has 1 atom stereocenters. The molecule has 0 aromatic heterocycles. The Labute approximate surface area is 105 Å². The molecule has 92 valence electrons. The van der Waals surface area contributed by atoms with E-state index in [0.717, 1.165) is 17.2 Å². The van der Waals surface area contributed by atoms with Crippen molar-refractivity contribution in [3.8, 4) is 5.75 Å². The van der Waals surface area contributed by atoms with E-state index in [4.69, 9.17) is 4.74 Å². The molecule has 1 aliphatic heterocycles. The van der Waals surface area contributed by atoms with Gasteiger partial charge in [0.1, 0.15) is 11.8 Å². The van der Waals surface area contributed by atoms with Gasteiger partial charge in [0.05, 0.1) is 7.11 Å². The first kappa shape index (κ1) is 12.3. The second-order valence-electron chi connectivity index (χ2n) is 3.95. The van der Waals surface area contributed by atoms with E-state index in [2.05, 4.69) is 4.90 Å². The molecule has 1 saturated heterocycles. The van der Waals surface area contributed by atoms with Gasteiger partial charge in [-0.3, -0.25) is 9.69 Å². The van der Waals surface area contributed by atoms with Crippen LogP contribution in [0.3, 0.4) is 0 Å². The van der Waals surface area contributed by atoms with Crippen molar-refractivity contribution in [2.45, 2.75) is 12.6 Å². The Morgan fingerprint density at radius 3 is 2.88 bits per heavy atom. The lowest BCUT2D eigenvalue weighted by Gasteiger charge is -2.21. The minimum atomic E-state index is -0.172. The number of nitrogens with zero attached hydrogens (tertiary/aromatic N) is 1. The molecule has 1 fully saturated rings. The van der Waals surface area contributed by atoms with Crippen LogP contribution in [0.25, 0.3) is 0 Å². The molecule has 1 heterocycles. The molecular formula is C12H15NO3S. The Morgan fingerprint density at radius 2 is 2.24 bits per heavy atom. The average molecular weight is 253 g/mol. The fourth-order valence-corrected chi connectivity index (χ4v) is 3.00. The molecule has 4 nitrogen and oxygen atoms in total. The van der Waals surface area contributed by atoms with Crippen molar-refractivity contribution in [3.05, 3.63) is 29.8 Å². The molecule has 1 aromatic carbocycles. The van der Waals surface area contributed by atoms with Gasteiger partial charge in [0.15, 0.2) is 0 Å². The number of methoxy groups -OCH3 is 1. The molecule has 0 bridgehead atoms. The van der Waals surface area contributed by atoms with E-state index < -0.39 is 0 Å². The van der Waals surface area contributed by atoms with Gasteiger partial charge in [-0.25, -0.2) is 0 Å². The van der Waals surface area contributed by atoms with E-state index in [0.29, 0.717) is 6.54 Å². The zero-order valence-electron chi connectivity index (χ0n) is 9.63. The van der Waals surface area contributed by atoms with Gasteiger partial charge in [-0.1, -0.05) is 12.1 Å². The van der Waals surface area contributed by atoms with E-state index in [9.17, 15) is 9.90 Å². The van der Waals surface area contributed by atoms with Crippen molar-refractivity contribution in [3.63, 3.8) is 0 Å². The summed E-state index contributed by atoms with van der Waals surface area (Å²) in [6, 6.07) is 6.90. The molecule has 1 aromatic rings. The number of aromatic hydroxyl groups is 1. The van der Waals surface area contributed by atoms with E-state index in [-0.39, 0.29) is 17.8 Å². The van der Waals surface area contributed by atoms with Gasteiger partial charge < -0.3 is 9.84 Å². The monoisotopic (exact) mass is 253 g/mol. The van der Waals surface area contributed by atoms with Crippen molar-refractivity contribution in [1.82, 2.24) is 4.90 Å². The molecule has 1 aliphatic rings. The van der Waals surface area contributed by atoms with Gasteiger partial charge in [0, 0.05) is 18.2 Å². The third kappa shape index (κ3) is 2.92. The fraction of sp³-hybridized carbons (Fsp3) is 0.417. The maximum absolute atomic E-state index is 11.6. The zero-order chi connectivity index (χ0) is 12.3. The number of phenols is 1. The van der Waals surface area contributed by atoms with Crippen molar-refractivity contribution in [1.29, 1.82) is 0 Å². The summed E-state index contributed by atoms with van der Waals surface area (Å²) in [5.74, 6) is 1.70. The van der Waals surface area contributed by atoms with Crippen LogP contribution < -0.4 is 0 Å². The Balaban J connectivity index is 2.02. The van der Waals surface area contributed by atoms with Crippen molar-refractivity contribution in [2.75, 3.05) is 18.7 Å². The van der Waals surface area contributed by atoms with Gasteiger partial charge in [0.25, 0.3) is 0 Å². The molecule has 0 radical (unpaired) electrons. The molecule has 1 N–H and O–H groups in total. The topological polar surface area (TPSA) is 49.8 Å². The van der Waals surface area contributed by atoms with Gasteiger partial charge in [0.2, 0.25) is 0 Å². The number of thioether (sulfide) groups is 1. The summed E-state index contributed by atoms with van der Waals surface area (Å²) < 4.78 is 4.79. The van der Waals surface area contributed by atoms with Crippen LogP contribution in [0.2, 0.25) is 0 Å². The molecule has 0 spiro atoms. The predicted molar refractivity (Wildman–Crippen MR) is 66.8 cm³/mol. The zero-order valence-corrected chi connectivity index (χ0v) is 10.4. The summed E-state index contributed by atoms with van der Waals surface area (Å²) in [6.45, 7) is 0.701. The van der Waals surface area contributed by atoms with E-state index in [1.54, 1.807) is 23.9 Å². The summed E-state index contributed by atoms with van der Waals surface area (Å²) >= 11 is 1.73.